The Morgan fingerprint density at radius 1 is 0.406 bits per heavy atom. The van der Waals surface area contributed by atoms with Gasteiger partial charge in [0, 0.05) is 79.9 Å². The third kappa shape index (κ3) is 51.8. The second kappa shape index (κ2) is 60.3. The number of carbonyl (C=O) groups is 10. The Hall–Kier alpha value is -12.3. The van der Waals surface area contributed by atoms with Crippen LogP contribution < -0.4 is 55.3 Å². The van der Waals surface area contributed by atoms with E-state index in [0.29, 0.717) is 152 Å². The fourth-order valence-corrected chi connectivity index (χ4v) is 7.75. The molecule has 0 spiro atoms. The summed E-state index contributed by atoms with van der Waals surface area (Å²) < 4.78 is 24.6. The molecule has 0 fully saturated rings. The number of alkyl carbamates (subject to hydrolysis) is 5. The number of nitrogens with zero attached hydrogens (tertiary/aromatic N) is 15. The number of unbranched alkanes of at least 4 members (excludes halogenated alkanes) is 5. The molecule has 106 heavy (non-hydrogen) atoms. The van der Waals surface area contributed by atoms with Gasteiger partial charge in [-0.2, -0.15) is 0 Å². The molecule has 45 nitrogen and oxygen atoms in total. The fraction of sp³-hybridized carbons (Fsp3) is 0.541. The highest BCUT2D eigenvalue weighted by Gasteiger charge is 2.18. The number of benzene rings is 3. The molecule has 3 aromatic rings. The van der Waals surface area contributed by atoms with Crippen molar-refractivity contribution < 1.29 is 97.2 Å². The van der Waals surface area contributed by atoms with E-state index in [1.165, 1.54) is 6.92 Å². The summed E-state index contributed by atoms with van der Waals surface area (Å²) in [5, 5.41) is 72.2. The van der Waals surface area contributed by atoms with E-state index in [4.69, 9.17) is 96.1 Å². The Morgan fingerprint density at radius 2 is 0.745 bits per heavy atom. The van der Waals surface area contributed by atoms with Crippen molar-refractivity contribution in [2.45, 2.75) is 172 Å². The van der Waals surface area contributed by atoms with Crippen LogP contribution in [0.4, 0.5) is 41.0 Å². The second-order valence-corrected chi connectivity index (χ2v) is 21.9. The summed E-state index contributed by atoms with van der Waals surface area (Å²) in [5.74, 6) is -5.15. The highest BCUT2D eigenvalue weighted by Crippen LogP contribution is 2.28. The number of hydrogen-bond donors (Lipinski definition) is 15. The maximum absolute atomic E-state index is 11.7. The minimum Gasteiger partial charge on any atom is -0.480 e. The van der Waals surface area contributed by atoms with Crippen molar-refractivity contribution in [3.05, 3.63) is 142 Å². The highest BCUT2D eigenvalue weighted by atomic mass is 16.6. The number of azide groups is 5. The van der Waals surface area contributed by atoms with Gasteiger partial charge in [-0.3, -0.25) is 24.0 Å². The van der Waals surface area contributed by atoms with Gasteiger partial charge in [0.25, 0.3) is 0 Å². The first-order chi connectivity index (χ1) is 50.5. The summed E-state index contributed by atoms with van der Waals surface area (Å²) in [7, 11) is 0. The third-order valence-corrected chi connectivity index (χ3v) is 13.5. The number of amides is 5. The molecule has 3 rings (SSSR count). The number of carboxylic acid groups (broad SMARTS) is 5. The summed E-state index contributed by atoms with van der Waals surface area (Å²) in [5.41, 5.74) is 71.4. The summed E-state index contributed by atoms with van der Waals surface area (Å²) in [6.07, 6.45) is 2.80. The summed E-state index contributed by atoms with van der Waals surface area (Å²) in [4.78, 5) is 122. The van der Waals surface area contributed by atoms with Gasteiger partial charge in [0.1, 0.15) is 49.0 Å². The molecule has 3 aromatic carbocycles. The van der Waals surface area contributed by atoms with E-state index in [0.717, 1.165) is 11.1 Å². The van der Waals surface area contributed by atoms with Gasteiger partial charge in [0.2, 0.25) is 0 Å². The second-order valence-electron chi connectivity index (χ2n) is 21.9. The lowest BCUT2D eigenvalue weighted by Crippen LogP contribution is -2.31. The molecule has 0 bridgehead atoms. The molecule has 0 aliphatic rings. The predicted molar refractivity (Wildman–Crippen MR) is 379 cm³/mol. The molecule has 0 radical (unpaired) electrons. The first kappa shape index (κ1) is 95.8. The standard InChI is InChI=1S/2C15H21N5O4.C14H19N5O4.C9H17N5O4.C8H15N5O4/c1-10(11-6-2-3-8-13(11)19-20-17)24-15(23)18-9-5-4-7-12(16)14(21)22;1-10(11-5-7-12(8-6-11)19-20-17)24-15(23)18-9-3-2-4-13(16)14(21)22;15-12(13(20)21)3-1-2-8-17-14(22)23-9-10-4-6-11(7-5-10)18-19-16;1-6(13-14-11)18-9(17)12-5-3-2-4-7(10)8(15)16;9-6(7(14)15)3-1-2-4-11-8(16)17-5-12-13-10/h2-3,6,8,10,12H,4-5,7,9,16H2,1H3,(H,18,23)(H,21,22);5-8,10,13H,2-4,9,16H2,1H3,(H,18,23)(H,21,22);4-7,12H,1-3,8-9,15H2,(H,17,22)(H,20,21);6-7H,2-5,10H2,1H3,(H,12,17)(H,15,16);6H,1-5,9H2,(H,11,16)(H,14,15)/t10?,12-;10?,13-;12-;6?,7-;6-/m00000/s1. The van der Waals surface area contributed by atoms with E-state index >= 15 is 0 Å². The summed E-state index contributed by atoms with van der Waals surface area (Å²) in [6.45, 7) is 6.41. The van der Waals surface area contributed by atoms with Gasteiger partial charge >= 0.3 is 60.3 Å². The molecule has 0 aliphatic carbocycles. The largest absolute Gasteiger partial charge is 0.480 e. The van der Waals surface area contributed by atoms with Crippen molar-refractivity contribution in [1.29, 1.82) is 0 Å². The van der Waals surface area contributed by atoms with Crippen LogP contribution in [0.25, 0.3) is 52.2 Å². The molecule has 0 heterocycles. The predicted octanol–water partition coefficient (Wildman–Crippen LogP) is 9.95. The van der Waals surface area contributed by atoms with Crippen molar-refractivity contribution in [2.24, 2.45) is 54.2 Å². The normalized spacial score (nSPS) is 12.1. The maximum atomic E-state index is 11.7. The molecule has 0 saturated heterocycles. The molecule has 0 saturated carbocycles. The quantitative estimate of drug-likeness (QED) is 0.00823. The van der Waals surface area contributed by atoms with Crippen molar-refractivity contribution in [3.8, 4) is 0 Å². The van der Waals surface area contributed by atoms with Gasteiger partial charge < -0.3 is 104 Å². The van der Waals surface area contributed by atoms with E-state index in [2.05, 4.69) is 86.2 Å². The third-order valence-electron chi connectivity index (χ3n) is 13.5. The van der Waals surface area contributed by atoms with E-state index in [-0.39, 0.29) is 13.3 Å². The fourth-order valence-electron chi connectivity index (χ4n) is 7.75. The van der Waals surface area contributed by atoms with Gasteiger partial charge in [-0.25, -0.2) is 24.0 Å². The summed E-state index contributed by atoms with van der Waals surface area (Å²) >= 11 is 0. The molecule has 20 N–H and O–H groups in total. The van der Waals surface area contributed by atoms with Crippen LogP contribution in [0.1, 0.15) is 146 Å². The Labute approximate surface area is 607 Å². The van der Waals surface area contributed by atoms with Gasteiger partial charge in [-0.15, -0.1) is 0 Å². The van der Waals surface area contributed by atoms with Crippen molar-refractivity contribution >= 4 is 77.4 Å². The molecular formula is C61H93N25O20. The molecule has 5 amide bonds. The van der Waals surface area contributed by atoms with Gasteiger partial charge in [0.05, 0.1) is 0 Å². The highest BCUT2D eigenvalue weighted by molar-refractivity contribution is 5.75. The van der Waals surface area contributed by atoms with Crippen LogP contribution in [0.15, 0.2) is 98.4 Å². The van der Waals surface area contributed by atoms with Crippen LogP contribution in [0.5, 0.6) is 0 Å². The molecular weight excluding hydrogens is 1400 g/mol. The molecule has 0 aromatic heterocycles. The molecule has 8 atom stereocenters. The number of aliphatic carboxylic acids is 5. The number of nitrogens with two attached hydrogens (primary N) is 5. The van der Waals surface area contributed by atoms with Crippen LogP contribution in [0.3, 0.4) is 0 Å². The Kier molecular flexibility index (Phi) is 54.5. The SMILES string of the molecule is CC(N=[N+]=[N-])OC(=O)NCCCC[C@H](N)C(=O)O.CC(OC(=O)NCCCC[C@H](N)C(=O)O)c1ccc(N=[N+]=[N-])cc1.CC(OC(=O)NCCCC[C@H](N)C(=O)O)c1ccccc1N=[N+]=[N-].[N-]=[N+]=NCOC(=O)NCCCC[C@H](N)C(=O)O.[N-]=[N+]=Nc1ccc(COC(=O)NCCCC[C@H](N)C(=O)O)cc1. The Morgan fingerprint density at radius 3 is 1.10 bits per heavy atom. The molecule has 3 unspecified atom stereocenters. The van der Waals surface area contributed by atoms with Crippen LogP contribution in [0.2, 0.25) is 0 Å². The van der Waals surface area contributed by atoms with Gasteiger partial charge in [-0.1, -0.05) is 93.3 Å². The monoisotopic (exact) mass is 1500 g/mol. The number of ether oxygens (including phenoxy) is 5. The zero-order valence-electron chi connectivity index (χ0n) is 58.6. The van der Waals surface area contributed by atoms with E-state index in [1.54, 1.807) is 86.6 Å². The zero-order chi connectivity index (χ0) is 80.0. The van der Waals surface area contributed by atoms with Gasteiger partial charge in [-0.05, 0) is 161 Å². The van der Waals surface area contributed by atoms with Gasteiger partial charge in [0.15, 0.2) is 13.0 Å². The topological polar surface area (TPSA) is 752 Å². The lowest BCUT2D eigenvalue weighted by molar-refractivity contribution is -0.139. The first-order valence-electron chi connectivity index (χ1n) is 32.5. The van der Waals surface area contributed by atoms with Crippen LogP contribution in [-0.2, 0) is 54.3 Å². The lowest BCUT2D eigenvalue weighted by atomic mass is 10.1. The van der Waals surface area contributed by atoms with E-state index in [9.17, 15) is 47.9 Å². The Balaban J connectivity index is 0. The van der Waals surface area contributed by atoms with Crippen molar-refractivity contribution in [2.75, 3.05) is 39.5 Å². The van der Waals surface area contributed by atoms with Crippen LogP contribution in [-0.4, -0.2) is 162 Å². The lowest BCUT2D eigenvalue weighted by Gasteiger charge is -2.16. The van der Waals surface area contributed by atoms with Crippen molar-refractivity contribution in [3.63, 3.8) is 0 Å². The van der Waals surface area contributed by atoms with E-state index < -0.39 is 109 Å². The minimum atomic E-state index is -1.04. The van der Waals surface area contributed by atoms with Crippen LogP contribution >= 0.6 is 0 Å². The zero-order valence-corrected chi connectivity index (χ0v) is 58.6. The number of nitrogens with one attached hydrogen (secondary N) is 5. The smallest absolute Gasteiger partial charge is 0.407 e. The maximum Gasteiger partial charge on any atom is 0.407 e. The van der Waals surface area contributed by atoms with E-state index in [1.807, 2.05) is 0 Å². The number of carbonyl (C=O) groups excluding carboxylic acids is 5. The molecule has 0 aliphatic heterocycles. The van der Waals surface area contributed by atoms with Crippen LogP contribution in [0, 0.1) is 0 Å². The number of hydrogen-bond acceptors (Lipinski definition) is 25. The molecule has 45 heteroatoms. The Bertz CT molecular complexity index is 3420. The average molecular weight is 1500 g/mol. The van der Waals surface area contributed by atoms with Crippen molar-refractivity contribution in [1.82, 2.24) is 26.6 Å². The molecule has 582 valence electrons. The summed E-state index contributed by atoms with van der Waals surface area (Å²) in [6, 6.07) is 15.8. The number of rotatable bonds is 43. The minimum absolute atomic E-state index is 0.103. The number of carboxylic acids is 5. The first-order valence-corrected chi connectivity index (χ1v) is 32.5. The average Bonchev–Trinajstić information content (AvgIpc) is 0.823.